The summed E-state index contributed by atoms with van der Waals surface area (Å²) in [5.41, 5.74) is 5.35. The maximum Gasteiger partial charge on any atom is 0.303 e. The van der Waals surface area contributed by atoms with Gasteiger partial charge in [0.1, 0.15) is 0 Å². The Kier molecular flexibility index (Phi) is 16.2. The van der Waals surface area contributed by atoms with Crippen LogP contribution in [0.4, 0.5) is 0 Å². The van der Waals surface area contributed by atoms with Crippen LogP contribution in [0, 0.1) is 0 Å². The van der Waals surface area contributed by atoms with Crippen LogP contribution in [0.15, 0.2) is 48.5 Å². The smallest absolute Gasteiger partial charge is 0.303 e. The fourth-order valence-electron chi connectivity index (χ4n) is 3.75. The van der Waals surface area contributed by atoms with Crippen LogP contribution >= 0.6 is 0 Å². The molecule has 2 aromatic rings. The standard InChI is InChI=1S/C16H24O2.C14H20O2/c1-2-3-4-7-14-10-12-15(13-11-14)8-5-6-9-16(17)18;1-2-3-5-12-8-10-13(11-9-12)6-4-7-14(15)16/h10-13H,2-9H2,1H3,(H,17,18);8-11H,2-7H2,1H3,(H,15,16). The van der Waals surface area contributed by atoms with Gasteiger partial charge in [0.05, 0.1) is 0 Å². The highest BCUT2D eigenvalue weighted by Gasteiger charge is 2.00. The SMILES string of the molecule is CCCCCc1ccc(CCCCC(=O)O)cc1.CCCCc1ccc(CCCC(=O)O)cc1. The summed E-state index contributed by atoms with van der Waals surface area (Å²) in [6.07, 6.45) is 13.5. The van der Waals surface area contributed by atoms with Crippen molar-refractivity contribution in [3.8, 4) is 0 Å². The molecule has 0 heterocycles. The van der Waals surface area contributed by atoms with Gasteiger partial charge in [0.2, 0.25) is 0 Å². The van der Waals surface area contributed by atoms with Crippen molar-refractivity contribution in [3.63, 3.8) is 0 Å². The molecule has 4 heteroatoms. The number of unbranched alkanes of at least 4 members (excludes halogenated alkanes) is 4. The normalized spacial score (nSPS) is 10.4. The first-order valence-electron chi connectivity index (χ1n) is 13.0. The minimum Gasteiger partial charge on any atom is -0.481 e. The topological polar surface area (TPSA) is 74.6 Å². The highest BCUT2D eigenvalue weighted by Crippen LogP contribution is 2.12. The number of hydrogen-bond acceptors (Lipinski definition) is 2. The molecule has 34 heavy (non-hydrogen) atoms. The second-order valence-corrected chi connectivity index (χ2v) is 9.04. The summed E-state index contributed by atoms with van der Waals surface area (Å²) >= 11 is 0. The van der Waals surface area contributed by atoms with Gasteiger partial charge >= 0.3 is 11.9 Å². The molecule has 0 bridgehead atoms. The molecule has 2 rings (SSSR count). The molecule has 0 aliphatic carbocycles. The molecule has 0 aromatic heterocycles. The van der Waals surface area contributed by atoms with Crippen LogP contribution in [0.5, 0.6) is 0 Å². The van der Waals surface area contributed by atoms with Gasteiger partial charge in [-0.25, -0.2) is 0 Å². The zero-order chi connectivity index (χ0) is 25.0. The first-order valence-corrected chi connectivity index (χ1v) is 13.0. The average Bonchev–Trinajstić information content (AvgIpc) is 2.82. The molecule has 0 fully saturated rings. The predicted molar refractivity (Wildman–Crippen MR) is 140 cm³/mol. The molecular weight excluding hydrogens is 424 g/mol. The molecule has 2 aromatic carbocycles. The van der Waals surface area contributed by atoms with Crippen LogP contribution in [0.1, 0.15) is 100 Å². The zero-order valence-electron chi connectivity index (χ0n) is 21.2. The number of hydrogen-bond donors (Lipinski definition) is 2. The molecule has 188 valence electrons. The van der Waals surface area contributed by atoms with E-state index in [1.165, 1.54) is 60.8 Å². The second kappa shape index (κ2) is 18.8. The number of carboxylic acid groups (broad SMARTS) is 2. The number of rotatable bonds is 16. The summed E-state index contributed by atoms with van der Waals surface area (Å²) in [6.45, 7) is 4.42. The molecule has 0 spiro atoms. The average molecular weight is 469 g/mol. The Hall–Kier alpha value is -2.62. The van der Waals surface area contributed by atoms with E-state index in [-0.39, 0.29) is 12.8 Å². The molecule has 0 amide bonds. The number of carboxylic acids is 2. The molecule has 0 aliphatic heterocycles. The van der Waals surface area contributed by atoms with E-state index in [0.717, 1.165) is 38.5 Å². The summed E-state index contributed by atoms with van der Waals surface area (Å²) in [5.74, 6) is -1.40. The molecule has 0 radical (unpaired) electrons. The Labute approximate surface area is 206 Å². The van der Waals surface area contributed by atoms with Crippen LogP contribution < -0.4 is 0 Å². The third kappa shape index (κ3) is 15.3. The largest absolute Gasteiger partial charge is 0.481 e. The summed E-state index contributed by atoms with van der Waals surface area (Å²) in [6, 6.07) is 17.3. The maximum absolute atomic E-state index is 10.4. The minimum atomic E-state index is -0.709. The summed E-state index contributed by atoms with van der Waals surface area (Å²) < 4.78 is 0. The van der Waals surface area contributed by atoms with E-state index in [1.807, 2.05) is 0 Å². The third-order valence-electron chi connectivity index (χ3n) is 5.90. The van der Waals surface area contributed by atoms with Crippen molar-refractivity contribution < 1.29 is 19.8 Å². The van der Waals surface area contributed by atoms with E-state index in [2.05, 4.69) is 62.4 Å². The lowest BCUT2D eigenvalue weighted by molar-refractivity contribution is -0.138. The summed E-state index contributed by atoms with van der Waals surface area (Å²) in [4.78, 5) is 20.7. The fraction of sp³-hybridized carbons (Fsp3) is 0.533. The lowest BCUT2D eigenvalue weighted by atomic mass is 10.0. The Morgan fingerprint density at radius 3 is 1.21 bits per heavy atom. The lowest BCUT2D eigenvalue weighted by Gasteiger charge is -2.04. The molecular formula is C30H44O4. The van der Waals surface area contributed by atoms with Gasteiger partial charge in [0.15, 0.2) is 0 Å². The van der Waals surface area contributed by atoms with Gasteiger partial charge in [0.25, 0.3) is 0 Å². The number of aryl methyl sites for hydroxylation is 4. The monoisotopic (exact) mass is 468 g/mol. The minimum absolute atomic E-state index is 0.261. The van der Waals surface area contributed by atoms with Gasteiger partial charge in [-0.3, -0.25) is 9.59 Å². The Bertz CT molecular complexity index is 794. The van der Waals surface area contributed by atoms with E-state index >= 15 is 0 Å². The fourth-order valence-corrected chi connectivity index (χ4v) is 3.75. The first kappa shape index (κ1) is 29.4. The van der Waals surface area contributed by atoms with Gasteiger partial charge in [-0.2, -0.15) is 0 Å². The zero-order valence-corrected chi connectivity index (χ0v) is 21.2. The van der Waals surface area contributed by atoms with Gasteiger partial charge in [-0.05, 0) is 80.0 Å². The molecule has 0 saturated carbocycles. The van der Waals surface area contributed by atoms with E-state index in [9.17, 15) is 9.59 Å². The van der Waals surface area contributed by atoms with Crippen LogP contribution in [0.3, 0.4) is 0 Å². The van der Waals surface area contributed by atoms with Crippen molar-refractivity contribution in [3.05, 3.63) is 70.8 Å². The van der Waals surface area contributed by atoms with E-state index in [4.69, 9.17) is 10.2 Å². The second-order valence-electron chi connectivity index (χ2n) is 9.04. The van der Waals surface area contributed by atoms with Crippen molar-refractivity contribution in [1.82, 2.24) is 0 Å². The van der Waals surface area contributed by atoms with Crippen molar-refractivity contribution >= 4 is 11.9 Å². The van der Waals surface area contributed by atoms with Crippen LogP contribution in [0.25, 0.3) is 0 Å². The van der Waals surface area contributed by atoms with Gasteiger partial charge in [-0.1, -0.05) is 81.6 Å². The Balaban J connectivity index is 0.000000342. The van der Waals surface area contributed by atoms with Crippen LogP contribution in [0.2, 0.25) is 0 Å². The molecule has 0 unspecified atom stereocenters. The summed E-state index contributed by atoms with van der Waals surface area (Å²) in [5, 5.41) is 17.1. The molecule has 0 atom stereocenters. The number of benzene rings is 2. The van der Waals surface area contributed by atoms with Gasteiger partial charge in [0, 0.05) is 12.8 Å². The molecule has 0 aliphatic rings. The molecule has 2 N–H and O–H groups in total. The van der Waals surface area contributed by atoms with Crippen molar-refractivity contribution in [2.24, 2.45) is 0 Å². The predicted octanol–water partition coefficient (Wildman–Crippen LogP) is 7.65. The number of carbonyl (C=O) groups is 2. The van der Waals surface area contributed by atoms with Crippen molar-refractivity contribution in [1.29, 1.82) is 0 Å². The van der Waals surface area contributed by atoms with E-state index in [0.29, 0.717) is 0 Å². The highest BCUT2D eigenvalue weighted by atomic mass is 16.4. The summed E-state index contributed by atoms with van der Waals surface area (Å²) in [7, 11) is 0. The third-order valence-corrected chi connectivity index (χ3v) is 5.90. The van der Waals surface area contributed by atoms with E-state index < -0.39 is 11.9 Å². The highest BCUT2D eigenvalue weighted by molar-refractivity contribution is 5.66. The quantitative estimate of drug-likeness (QED) is 0.248. The molecule has 0 saturated heterocycles. The Morgan fingerprint density at radius 2 is 0.824 bits per heavy atom. The van der Waals surface area contributed by atoms with Gasteiger partial charge < -0.3 is 10.2 Å². The van der Waals surface area contributed by atoms with Crippen molar-refractivity contribution in [2.75, 3.05) is 0 Å². The van der Waals surface area contributed by atoms with Gasteiger partial charge in [-0.15, -0.1) is 0 Å². The Morgan fingerprint density at radius 1 is 0.500 bits per heavy atom. The molecule has 4 nitrogen and oxygen atoms in total. The number of aliphatic carboxylic acids is 2. The van der Waals surface area contributed by atoms with E-state index in [1.54, 1.807) is 0 Å². The maximum atomic E-state index is 10.4. The first-order chi connectivity index (χ1) is 16.4. The van der Waals surface area contributed by atoms with Crippen LogP contribution in [-0.2, 0) is 35.3 Å². The van der Waals surface area contributed by atoms with Crippen molar-refractivity contribution in [2.45, 2.75) is 104 Å². The van der Waals surface area contributed by atoms with Crippen LogP contribution in [-0.4, -0.2) is 22.2 Å². The lowest BCUT2D eigenvalue weighted by Crippen LogP contribution is -1.96.